The number of carboxylic acids is 1. The van der Waals surface area contributed by atoms with Crippen LogP contribution in [0.4, 0.5) is 0 Å². The Bertz CT molecular complexity index is 267. The van der Waals surface area contributed by atoms with Crippen LogP contribution in [-0.4, -0.2) is 26.0 Å². The van der Waals surface area contributed by atoms with Crippen LogP contribution in [0.1, 0.15) is 38.5 Å². The van der Waals surface area contributed by atoms with Crippen molar-refractivity contribution in [2.24, 2.45) is 0 Å². The van der Waals surface area contributed by atoms with Crippen molar-refractivity contribution in [3.8, 4) is 0 Å². The van der Waals surface area contributed by atoms with Crippen LogP contribution >= 0.6 is 31.9 Å². The number of carbonyl (C=O) groups is 2. The fraction of sp³-hybridized carbons (Fsp3) is 0.800. The van der Waals surface area contributed by atoms with Gasteiger partial charge >= 0.3 is 5.97 Å². The van der Waals surface area contributed by atoms with Gasteiger partial charge in [-0.3, -0.25) is 9.59 Å². The first-order valence-corrected chi connectivity index (χ1v) is 6.76. The minimum atomic E-state index is -0.850. The lowest BCUT2D eigenvalue weighted by molar-refractivity contribution is -0.137. The van der Waals surface area contributed by atoms with Crippen molar-refractivity contribution < 1.29 is 14.7 Å². The summed E-state index contributed by atoms with van der Waals surface area (Å²) < 4.78 is -0.629. The number of hydrogen-bond acceptors (Lipinski definition) is 2. The quantitative estimate of drug-likeness (QED) is 0.634. The summed E-state index contributed by atoms with van der Waals surface area (Å²) in [6, 6.07) is 0. The zero-order valence-corrected chi connectivity index (χ0v) is 11.5. The number of Topliss-reactive ketones (excluding diaryl/α,β-unsaturated/α-hetero) is 1. The zero-order chi connectivity index (χ0) is 11.5. The average molecular weight is 342 g/mol. The zero-order valence-electron chi connectivity index (χ0n) is 8.34. The SMILES string of the molecule is O=C(O)CC[C@]1(Br)CCCC[C@@H](Br)C1=O. The Morgan fingerprint density at radius 1 is 1.53 bits per heavy atom. The third kappa shape index (κ3) is 3.55. The standard InChI is InChI=1S/C10H14Br2O3/c11-7-3-1-2-5-10(12,9(7)15)6-4-8(13)14/h7H,1-6H2,(H,13,14)/t7-,10-/m1/s1. The highest BCUT2D eigenvalue weighted by atomic mass is 79.9. The van der Waals surface area contributed by atoms with Gasteiger partial charge in [0, 0.05) is 6.42 Å². The van der Waals surface area contributed by atoms with Gasteiger partial charge in [0.1, 0.15) is 0 Å². The van der Waals surface area contributed by atoms with Crippen LogP contribution in [0.2, 0.25) is 0 Å². The topological polar surface area (TPSA) is 54.4 Å². The number of hydrogen-bond donors (Lipinski definition) is 1. The van der Waals surface area contributed by atoms with E-state index in [4.69, 9.17) is 5.11 Å². The molecule has 0 aromatic rings. The predicted molar refractivity (Wildman–Crippen MR) is 64.7 cm³/mol. The van der Waals surface area contributed by atoms with E-state index in [1.807, 2.05) is 0 Å². The summed E-state index contributed by atoms with van der Waals surface area (Å²) in [6.07, 6.45) is 3.99. The lowest BCUT2D eigenvalue weighted by Gasteiger charge is -2.25. The maximum Gasteiger partial charge on any atom is 0.303 e. The minimum Gasteiger partial charge on any atom is -0.481 e. The van der Waals surface area contributed by atoms with Gasteiger partial charge in [-0.25, -0.2) is 0 Å². The summed E-state index contributed by atoms with van der Waals surface area (Å²) in [5.41, 5.74) is 0. The molecule has 0 saturated heterocycles. The Kier molecular flexibility index (Phi) is 4.77. The van der Waals surface area contributed by atoms with E-state index in [1.54, 1.807) is 0 Å². The Morgan fingerprint density at radius 3 is 2.80 bits per heavy atom. The van der Waals surface area contributed by atoms with Gasteiger partial charge < -0.3 is 5.11 Å². The number of rotatable bonds is 3. The number of carbonyl (C=O) groups excluding carboxylic acids is 1. The third-order valence-electron chi connectivity index (χ3n) is 2.74. The number of ketones is 1. The van der Waals surface area contributed by atoms with Crippen LogP contribution in [-0.2, 0) is 9.59 Å². The smallest absolute Gasteiger partial charge is 0.303 e. The van der Waals surface area contributed by atoms with Crippen LogP contribution in [0.25, 0.3) is 0 Å². The molecule has 2 atom stereocenters. The molecule has 1 aliphatic rings. The number of carboxylic acid groups (broad SMARTS) is 1. The molecule has 0 bridgehead atoms. The molecule has 1 saturated carbocycles. The maximum atomic E-state index is 12.0. The lowest BCUT2D eigenvalue weighted by Crippen LogP contribution is -2.36. The molecule has 0 spiro atoms. The van der Waals surface area contributed by atoms with E-state index in [0.717, 1.165) is 25.7 Å². The second-order valence-corrected chi connectivity index (χ2v) is 6.56. The van der Waals surface area contributed by atoms with Gasteiger partial charge in [0.2, 0.25) is 0 Å². The fourth-order valence-electron chi connectivity index (χ4n) is 1.82. The molecule has 1 N–H and O–H groups in total. The molecule has 0 heterocycles. The van der Waals surface area contributed by atoms with Gasteiger partial charge in [0.25, 0.3) is 0 Å². The van der Waals surface area contributed by atoms with Gasteiger partial charge in [-0.2, -0.15) is 0 Å². The van der Waals surface area contributed by atoms with Crippen LogP contribution in [0.15, 0.2) is 0 Å². The third-order valence-corrected chi connectivity index (χ3v) is 4.80. The second-order valence-electron chi connectivity index (χ2n) is 3.94. The maximum absolute atomic E-state index is 12.0. The van der Waals surface area contributed by atoms with Crippen LogP contribution in [0, 0.1) is 0 Å². The Labute approximate surface area is 106 Å². The summed E-state index contributed by atoms with van der Waals surface area (Å²) in [6.45, 7) is 0. The minimum absolute atomic E-state index is 0.0384. The first kappa shape index (κ1) is 13.2. The summed E-state index contributed by atoms with van der Waals surface area (Å²) in [5, 5.41) is 8.64. The number of halogens is 2. The Balaban J connectivity index is 2.69. The van der Waals surface area contributed by atoms with E-state index >= 15 is 0 Å². The van der Waals surface area contributed by atoms with Crippen molar-refractivity contribution in [1.82, 2.24) is 0 Å². The summed E-state index contributed by atoms with van der Waals surface area (Å²) in [7, 11) is 0. The first-order chi connectivity index (χ1) is 6.96. The van der Waals surface area contributed by atoms with Gasteiger partial charge in [0.05, 0.1) is 9.15 Å². The average Bonchev–Trinajstić information content (AvgIpc) is 2.30. The van der Waals surface area contributed by atoms with Crippen molar-refractivity contribution in [3.05, 3.63) is 0 Å². The van der Waals surface area contributed by atoms with Crippen molar-refractivity contribution in [3.63, 3.8) is 0 Å². The highest BCUT2D eigenvalue weighted by Gasteiger charge is 2.40. The molecule has 0 amide bonds. The second kappa shape index (κ2) is 5.43. The number of aliphatic carboxylic acids is 1. The molecule has 0 radical (unpaired) electrons. The van der Waals surface area contributed by atoms with Gasteiger partial charge in [-0.1, -0.05) is 44.7 Å². The molecule has 15 heavy (non-hydrogen) atoms. The van der Waals surface area contributed by atoms with Crippen molar-refractivity contribution >= 4 is 43.6 Å². The van der Waals surface area contributed by atoms with E-state index in [1.165, 1.54) is 0 Å². The molecule has 0 aromatic heterocycles. The fourth-order valence-corrected chi connectivity index (χ4v) is 3.64. The van der Waals surface area contributed by atoms with Crippen LogP contribution < -0.4 is 0 Å². The van der Waals surface area contributed by atoms with Gasteiger partial charge in [-0.15, -0.1) is 0 Å². The Morgan fingerprint density at radius 2 is 2.20 bits per heavy atom. The highest BCUT2D eigenvalue weighted by Crippen LogP contribution is 2.38. The molecule has 5 heteroatoms. The van der Waals surface area contributed by atoms with E-state index in [2.05, 4.69) is 31.9 Å². The number of alkyl halides is 2. The molecular weight excluding hydrogens is 328 g/mol. The first-order valence-electron chi connectivity index (χ1n) is 5.05. The summed E-state index contributed by atoms with van der Waals surface area (Å²) in [4.78, 5) is 22.4. The Hall–Kier alpha value is 0.1000. The van der Waals surface area contributed by atoms with E-state index in [0.29, 0.717) is 6.42 Å². The molecule has 0 aliphatic heterocycles. The normalized spacial score (nSPS) is 32.4. The molecular formula is C10H14Br2O3. The molecule has 1 rings (SSSR count). The molecule has 86 valence electrons. The van der Waals surface area contributed by atoms with Crippen LogP contribution in [0.3, 0.4) is 0 Å². The molecule has 0 aromatic carbocycles. The molecule has 1 aliphatic carbocycles. The molecule has 0 unspecified atom stereocenters. The molecule has 1 fully saturated rings. The van der Waals surface area contributed by atoms with E-state index < -0.39 is 10.3 Å². The van der Waals surface area contributed by atoms with Crippen molar-refractivity contribution in [2.75, 3.05) is 0 Å². The van der Waals surface area contributed by atoms with Crippen LogP contribution in [0.5, 0.6) is 0 Å². The molecule has 3 nitrogen and oxygen atoms in total. The summed E-state index contributed by atoms with van der Waals surface area (Å²) >= 11 is 6.80. The van der Waals surface area contributed by atoms with E-state index in [9.17, 15) is 9.59 Å². The summed E-state index contributed by atoms with van der Waals surface area (Å²) in [5.74, 6) is -0.752. The van der Waals surface area contributed by atoms with Crippen molar-refractivity contribution in [2.45, 2.75) is 47.7 Å². The predicted octanol–water partition coefficient (Wildman–Crippen LogP) is 2.89. The van der Waals surface area contributed by atoms with Gasteiger partial charge in [0.15, 0.2) is 5.78 Å². The highest BCUT2D eigenvalue weighted by molar-refractivity contribution is 9.11. The lowest BCUT2D eigenvalue weighted by atomic mass is 9.93. The van der Waals surface area contributed by atoms with Crippen molar-refractivity contribution in [1.29, 1.82) is 0 Å². The van der Waals surface area contributed by atoms with Gasteiger partial charge in [-0.05, 0) is 19.3 Å². The van der Waals surface area contributed by atoms with E-state index in [-0.39, 0.29) is 17.0 Å². The monoisotopic (exact) mass is 340 g/mol. The largest absolute Gasteiger partial charge is 0.481 e.